The Kier molecular flexibility index (Phi) is 7.59. The van der Waals surface area contributed by atoms with E-state index in [4.69, 9.17) is 4.74 Å². The second-order valence-corrected chi connectivity index (χ2v) is 9.23. The number of hydrogen-bond acceptors (Lipinski definition) is 6. The summed E-state index contributed by atoms with van der Waals surface area (Å²) < 4.78 is 7.02. The molecule has 2 aliphatic rings. The number of rotatable bonds is 4. The molecule has 0 spiro atoms. The SMILES string of the molecule is C[C@@H](OC(=O)c1ccc2c(=O)n3c(nc2c1)CCCCCC3)C(=O)NC(=O)NC1CCCCC1. The van der Waals surface area contributed by atoms with Crippen molar-refractivity contribution in [3.05, 3.63) is 39.9 Å². The number of imide groups is 1. The molecule has 0 radical (unpaired) electrons. The summed E-state index contributed by atoms with van der Waals surface area (Å²) in [5, 5.41) is 5.49. The minimum Gasteiger partial charge on any atom is -0.449 e. The van der Waals surface area contributed by atoms with Crippen LogP contribution in [0.4, 0.5) is 4.79 Å². The van der Waals surface area contributed by atoms with Gasteiger partial charge in [-0.05, 0) is 50.8 Å². The Morgan fingerprint density at radius 1 is 1.06 bits per heavy atom. The first-order valence-corrected chi connectivity index (χ1v) is 12.3. The number of aromatic nitrogens is 2. The molecule has 2 N–H and O–H groups in total. The summed E-state index contributed by atoms with van der Waals surface area (Å²) in [5.74, 6) is -0.675. The molecule has 9 heteroatoms. The van der Waals surface area contributed by atoms with Gasteiger partial charge >= 0.3 is 12.0 Å². The molecule has 34 heavy (non-hydrogen) atoms. The van der Waals surface area contributed by atoms with Gasteiger partial charge in [-0.1, -0.05) is 32.1 Å². The molecular weight excluding hydrogens is 436 g/mol. The smallest absolute Gasteiger partial charge is 0.338 e. The van der Waals surface area contributed by atoms with Crippen LogP contribution in [0.15, 0.2) is 23.0 Å². The number of nitrogens with zero attached hydrogens (tertiary/aromatic N) is 2. The largest absolute Gasteiger partial charge is 0.449 e. The second kappa shape index (κ2) is 10.8. The van der Waals surface area contributed by atoms with Gasteiger partial charge in [0.25, 0.3) is 11.5 Å². The van der Waals surface area contributed by atoms with Gasteiger partial charge in [-0.25, -0.2) is 14.6 Å². The summed E-state index contributed by atoms with van der Waals surface area (Å²) in [7, 11) is 0. The van der Waals surface area contributed by atoms with Gasteiger partial charge in [-0.15, -0.1) is 0 Å². The van der Waals surface area contributed by atoms with Gasteiger partial charge in [0.2, 0.25) is 0 Å². The molecule has 1 aliphatic carbocycles. The molecule has 2 heterocycles. The Hall–Kier alpha value is -3.23. The van der Waals surface area contributed by atoms with Crippen molar-refractivity contribution in [1.29, 1.82) is 0 Å². The van der Waals surface area contributed by atoms with Crippen LogP contribution in [0.25, 0.3) is 10.9 Å². The first kappa shape index (κ1) is 23.9. The highest BCUT2D eigenvalue weighted by atomic mass is 16.5. The van der Waals surface area contributed by atoms with Crippen molar-refractivity contribution in [3.8, 4) is 0 Å². The maximum Gasteiger partial charge on any atom is 0.338 e. The Morgan fingerprint density at radius 2 is 1.79 bits per heavy atom. The summed E-state index contributed by atoms with van der Waals surface area (Å²) in [6.45, 7) is 2.07. The molecule has 1 aromatic heterocycles. The molecule has 2 aromatic rings. The fourth-order valence-electron chi connectivity index (χ4n) is 4.69. The van der Waals surface area contributed by atoms with Crippen LogP contribution in [0.2, 0.25) is 0 Å². The van der Waals surface area contributed by atoms with Crippen molar-refractivity contribution >= 4 is 28.8 Å². The maximum absolute atomic E-state index is 12.9. The molecule has 0 bridgehead atoms. The first-order valence-electron chi connectivity index (χ1n) is 12.3. The number of ether oxygens (including phenoxy) is 1. The predicted molar refractivity (Wildman–Crippen MR) is 127 cm³/mol. The number of hydrogen-bond donors (Lipinski definition) is 2. The van der Waals surface area contributed by atoms with Crippen molar-refractivity contribution in [2.45, 2.75) is 89.8 Å². The number of fused-ring (bicyclic) bond motifs is 2. The fourth-order valence-corrected chi connectivity index (χ4v) is 4.69. The van der Waals surface area contributed by atoms with Crippen LogP contribution >= 0.6 is 0 Å². The lowest BCUT2D eigenvalue weighted by atomic mass is 9.96. The molecule has 0 saturated heterocycles. The van der Waals surface area contributed by atoms with Crippen LogP contribution in [0.1, 0.15) is 80.9 Å². The number of urea groups is 1. The molecule has 1 aromatic carbocycles. The van der Waals surface area contributed by atoms with Crippen LogP contribution in [-0.2, 0) is 22.5 Å². The van der Waals surface area contributed by atoms with Gasteiger partial charge in [-0.2, -0.15) is 0 Å². The number of nitrogens with one attached hydrogen (secondary N) is 2. The van der Waals surface area contributed by atoms with E-state index in [0.717, 1.165) is 70.0 Å². The quantitative estimate of drug-likeness (QED) is 0.665. The number of aryl methyl sites for hydroxylation is 1. The highest BCUT2D eigenvalue weighted by Crippen LogP contribution is 2.18. The highest BCUT2D eigenvalue weighted by molar-refractivity contribution is 5.99. The van der Waals surface area contributed by atoms with E-state index >= 15 is 0 Å². The van der Waals surface area contributed by atoms with E-state index in [1.807, 2.05) is 0 Å². The van der Waals surface area contributed by atoms with Crippen LogP contribution < -0.4 is 16.2 Å². The number of amides is 3. The van der Waals surface area contributed by atoms with Gasteiger partial charge < -0.3 is 10.1 Å². The van der Waals surface area contributed by atoms with E-state index in [2.05, 4.69) is 15.6 Å². The summed E-state index contributed by atoms with van der Waals surface area (Å²) in [5.41, 5.74) is 0.537. The lowest BCUT2D eigenvalue weighted by Gasteiger charge is -2.23. The van der Waals surface area contributed by atoms with E-state index in [0.29, 0.717) is 17.4 Å². The molecule has 9 nitrogen and oxygen atoms in total. The van der Waals surface area contributed by atoms with Crippen LogP contribution in [0.3, 0.4) is 0 Å². The summed E-state index contributed by atoms with van der Waals surface area (Å²) in [6.07, 6.45) is 8.77. The topological polar surface area (TPSA) is 119 Å². The second-order valence-electron chi connectivity index (χ2n) is 9.23. The third kappa shape index (κ3) is 5.63. The minimum atomic E-state index is -1.16. The van der Waals surface area contributed by atoms with Crippen LogP contribution in [0.5, 0.6) is 0 Å². The summed E-state index contributed by atoms with van der Waals surface area (Å²) in [6, 6.07) is 4.10. The number of carbonyl (C=O) groups is 3. The van der Waals surface area contributed by atoms with Crippen molar-refractivity contribution in [3.63, 3.8) is 0 Å². The molecule has 4 rings (SSSR count). The van der Waals surface area contributed by atoms with Gasteiger partial charge in [0.1, 0.15) is 5.82 Å². The van der Waals surface area contributed by atoms with Crippen molar-refractivity contribution in [1.82, 2.24) is 20.2 Å². The Bertz CT molecular complexity index is 1140. The third-order valence-electron chi connectivity index (χ3n) is 6.63. The minimum absolute atomic E-state index is 0.0630. The van der Waals surface area contributed by atoms with Crippen molar-refractivity contribution in [2.75, 3.05) is 0 Å². The monoisotopic (exact) mass is 468 g/mol. The Balaban J connectivity index is 1.41. The average Bonchev–Trinajstić information content (AvgIpc) is 2.80. The van der Waals surface area contributed by atoms with Gasteiger partial charge in [0, 0.05) is 19.0 Å². The fraction of sp³-hybridized carbons (Fsp3) is 0.560. The molecule has 3 amide bonds. The normalized spacial score (nSPS) is 17.7. The number of carbonyl (C=O) groups excluding carboxylic acids is 3. The van der Waals surface area contributed by atoms with E-state index < -0.39 is 24.0 Å². The van der Waals surface area contributed by atoms with E-state index in [1.165, 1.54) is 19.1 Å². The van der Waals surface area contributed by atoms with Gasteiger partial charge in [-0.3, -0.25) is 19.5 Å². The van der Waals surface area contributed by atoms with Crippen molar-refractivity contribution in [2.24, 2.45) is 0 Å². The molecule has 1 atom stereocenters. The van der Waals surface area contributed by atoms with Crippen LogP contribution in [-0.4, -0.2) is 39.6 Å². The maximum atomic E-state index is 12.9. The number of benzene rings is 1. The van der Waals surface area contributed by atoms with E-state index in [9.17, 15) is 19.2 Å². The highest BCUT2D eigenvalue weighted by Gasteiger charge is 2.23. The summed E-state index contributed by atoms with van der Waals surface area (Å²) >= 11 is 0. The van der Waals surface area contributed by atoms with E-state index in [1.54, 1.807) is 10.6 Å². The van der Waals surface area contributed by atoms with Crippen molar-refractivity contribution < 1.29 is 19.1 Å². The molecule has 1 saturated carbocycles. The molecule has 182 valence electrons. The van der Waals surface area contributed by atoms with Gasteiger partial charge in [0.05, 0.1) is 16.5 Å². The first-order chi connectivity index (χ1) is 16.4. The molecule has 1 fully saturated rings. The lowest BCUT2D eigenvalue weighted by molar-refractivity contribution is -0.127. The summed E-state index contributed by atoms with van der Waals surface area (Å²) in [4.78, 5) is 54.7. The zero-order valence-corrected chi connectivity index (χ0v) is 19.6. The average molecular weight is 469 g/mol. The van der Waals surface area contributed by atoms with E-state index in [-0.39, 0.29) is 17.2 Å². The molecular formula is C25H32N4O5. The third-order valence-corrected chi connectivity index (χ3v) is 6.63. The van der Waals surface area contributed by atoms with Crippen LogP contribution in [0, 0.1) is 0 Å². The Morgan fingerprint density at radius 3 is 2.59 bits per heavy atom. The zero-order chi connectivity index (χ0) is 24.1. The zero-order valence-electron chi connectivity index (χ0n) is 19.6. The number of esters is 1. The standard InChI is InChI=1S/C25H32N4O5/c1-16(22(30)28-25(33)26-18-9-5-4-6-10-18)34-24(32)17-12-13-19-20(15-17)27-21-11-7-2-3-8-14-29(21)23(19)31/h12-13,15-16,18H,2-11,14H2,1H3,(H2,26,28,30,33)/t16-/m1/s1. The molecule has 1 aliphatic heterocycles. The lowest BCUT2D eigenvalue weighted by Crippen LogP contribution is -2.48. The molecule has 0 unspecified atom stereocenters. The predicted octanol–water partition coefficient (Wildman–Crippen LogP) is 3.22. The van der Waals surface area contributed by atoms with Gasteiger partial charge in [0.15, 0.2) is 6.10 Å². The Labute approximate surface area is 198 Å².